The quantitative estimate of drug-likeness (QED) is 0.665. The highest BCUT2D eigenvalue weighted by Gasteiger charge is 2.35. The van der Waals surface area contributed by atoms with E-state index < -0.39 is 0 Å². The molecule has 105 valence electrons. The second-order valence-electron chi connectivity index (χ2n) is 5.81. The van der Waals surface area contributed by atoms with Crippen LogP contribution in [-0.4, -0.2) is 0 Å². The maximum Gasteiger partial charge on any atom is 0.0378 e. The molecule has 0 N–H and O–H groups in total. The fourth-order valence-corrected chi connectivity index (χ4v) is 3.16. The third-order valence-corrected chi connectivity index (χ3v) is 4.53. The molecule has 1 aliphatic carbocycles. The smallest absolute Gasteiger partial charge is 0.0378 e. The Morgan fingerprint density at radius 3 is 1.95 bits per heavy atom. The van der Waals surface area contributed by atoms with Gasteiger partial charge in [-0.25, -0.2) is 0 Å². The Hall–Kier alpha value is -2.08. The van der Waals surface area contributed by atoms with Crippen LogP contribution in [0, 0.1) is 12.8 Å². The van der Waals surface area contributed by atoms with Crippen LogP contribution in [0.3, 0.4) is 0 Å². The van der Waals surface area contributed by atoms with Crippen LogP contribution in [0.4, 0.5) is 0 Å². The molecule has 2 aromatic rings. The molecule has 0 nitrogen and oxygen atoms in total. The Bertz CT molecular complexity index is 620. The van der Waals surface area contributed by atoms with Gasteiger partial charge in [-0.2, -0.15) is 0 Å². The van der Waals surface area contributed by atoms with Crippen LogP contribution in [-0.2, 0) is 5.41 Å². The van der Waals surface area contributed by atoms with Crippen LogP contribution < -0.4 is 0 Å². The summed E-state index contributed by atoms with van der Waals surface area (Å²) in [7, 11) is 0. The molecule has 3 rings (SSSR count). The Morgan fingerprint density at radius 2 is 1.38 bits per heavy atom. The van der Waals surface area contributed by atoms with Gasteiger partial charge in [0.1, 0.15) is 0 Å². The van der Waals surface area contributed by atoms with Gasteiger partial charge in [0.15, 0.2) is 0 Å². The van der Waals surface area contributed by atoms with Crippen LogP contribution in [0.25, 0.3) is 0 Å². The van der Waals surface area contributed by atoms with Crippen molar-refractivity contribution in [2.24, 2.45) is 5.92 Å². The highest BCUT2D eigenvalue weighted by atomic mass is 14.4. The van der Waals surface area contributed by atoms with Crippen molar-refractivity contribution in [2.45, 2.75) is 18.3 Å². The molecule has 0 amide bonds. The summed E-state index contributed by atoms with van der Waals surface area (Å²) in [6.07, 6.45) is 9.09. The maximum atomic E-state index is 4.12. The molecule has 0 bridgehead atoms. The van der Waals surface area contributed by atoms with E-state index in [2.05, 4.69) is 98.8 Å². The summed E-state index contributed by atoms with van der Waals surface area (Å²) in [6.45, 7) is 6.42. The summed E-state index contributed by atoms with van der Waals surface area (Å²) in [5.41, 5.74) is 2.61. The second-order valence-corrected chi connectivity index (χ2v) is 5.81. The molecular formula is C21H21. The summed E-state index contributed by atoms with van der Waals surface area (Å²) < 4.78 is 0. The number of rotatable bonds is 3. The fourth-order valence-electron chi connectivity index (χ4n) is 3.16. The van der Waals surface area contributed by atoms with Crippen molar-refractivity contribution >= 4 is 0 Å². The van der Waals surface area contributed by atoms with E-state index in [1.165, 1.54) is 11.1 Å². The number of benzene rings is 2. The van der Waals surface area contributed by atoms with Crippen molar-refractivity contribution in [2.75, 3.05) is 0 Å². The third kappa shape index (κ3) is 2.58. The zero-order chi connectivity index (χ0) is 14.7. The molecule has 21 heavy (non-hydrogen) atoms. The molecule has 0 saturated heterocycles. The summed E-state index contributed by atoms with van der Waals surface area (Å²) in [6, 6.07) is 21.5. The molecule has 0 aliphatic heterocycles. The van der Waals surface area contributed by atoms with Crippen LogP contribution in [0.1, 0.15) is 24.0 Å². The first-order valence-electron chi connectivity index (χ1n) is 7.54. The molecule has 1 atom stereocenters. The Morgan fingerprint density at radius 1 is 0.857 bits per heavy atom. The zero-order valence-electron chi connectivity index (χ0n) is 12.4. The van der Waals surface area contributed by atoms with E-state index >= 15 is 0 Å². The molecule has 1 unspecified atom stereocenters. The van der Waals surface area contributed by atoms with E-state index in [-0.39, 0.29) is 11.3 Å². The van der Waals surface area contributed by atoms with Crippen LogP contribution in [0.15, 0.2) is 85.0 Å². The van der Waals surface area contributed by atoms with Gasteiger partial charge in [0, 0.05) is 5.41 Å². The van der Waals surface area contributed by atoms with E-state index in [0.717, 1.165) is 0 Å². The molecular weight excluding hydrogens is 252 g/mol. The van der Waals surface area contributed by atoms with Gasteiger partial charge in [0.2, 0.25) is 0 Å². The van der Waals surface area contributed by atoms with Gasteiger partial charge < -0.3 is 0 Å². The predicted molar refractivity (Wildman–Crippen MR) is 90.1 cm³/mol. The monoisotopic (exact) mass is 273 g/mol. The number of allylic oxidation sites excluding steroid dienone is 4. The first-order valence-corrected chi connectivity index (χ1v) is 7.54. The minimum absolute atomic E-state index is 0.0865. The SMILES string of the molecule is [CH2]C1C=CC(c2ccccc2)(C(C)c2ccccc2)C=C1. The van der Waals surface area contributed by atoms with Crippen molar-refractivity contribution in [3.05, 3.63) is 103 Å². The lowest BCUT2D eigenvalue weighted by molar-refractivity contribution is 0.537. The minimum Gasteiger partial charge on any atom is -0.0804 e. The fraction of sp³-hybridized carbons (Fsp3) is 0.190. The third-order valence-electron chi connectivity index (χ3n) is 4.53. The molecule has 0 fully saturated rings. The Labute approximate surface area is 127 Å². The molecule has 2 aromatic carbocycles. The van der Waals surface area contributed by atoms with Crippen LogP contribution in [0.5, 0.6) is 0 Å². The highest BCUT2D eigenvalue weighted by molar-refractivity contribution is 5.45. The number of hydrogen-bond acceptors (Lipinski definition) is 0. The van der Waals surface area contributed by atoms with Gasteiger partial charge in [-0.15, -0.1) is 0 Å². The van der Waals surface area contributed by atoms with Crippen molar-refractivity contribution in [1.29, 1.82) is 0 Å². The predicted octanol–water partition coefficient (Wildman–Crippen LogP) is 5.30. The van der Waals surface area contributed by atoms with Crippen molar-refractivity contribution in [3.8, 4) is 0 Å². The summed E-state index contributed by atoms with van der Waals surface area (Å²) in [5.74, 6) is 0.644. The van der Waals surface area contributed by atoms with Gasteiger partial charge in [-0.3, -0.25) is 0 Å². The summed E-state index contributed by atoms with van der Waals surface area (Å²) >= 11 is 0. The zero-order valence-corrected chi connectivity index (χ0v) is 12.4. The molecule has 1 radical (unpaired) electrons. The highest BCUT2D eigenvalue weighted by Crippen LogP contribution is 2.43. The van der Waals surface area contributed by atoms with Crippen LogP contribution in [0.2, 0.25) is 0 Å². The van der Waals surface area contributed by atoms with Crippen molar-refractivity contribution < 1.29 is 0 Å². The molecule has 0 heterocycles. The van der Waals surface area contributed by atoms with Crippen molar-refractivity contribution in [3.63, 3.8) is 0 Å². The molecule has 0 heteroatoms. The Balaban J connectivity index is 2.10. The lowest BCUT2D eigenvalue weighted by Crippen LogP contribution is -2.30. The first-order chi connectivity index (χ1) is 10.2. The lowest BCUT2D eigenvalue weighted by Gasteiger charge is -2.37. The van der Waals surface area contributed by atoms with Crippen LogP contribution >= 0.6 is 0 Å². The van der Waals surface area contributed by atoms with E-state index in [0.29, 0.717) is 5.92 Å². The van der Waals surface area contributed by atoms with Gasteiger partial charge in [0.25, 0.3) is 0 Å². The molecule has 0 aromatic heterocycles. The molecule has 0 spiro atoms. The summed E-state index contributed by atoms with van der Waals surface area (Å²) in [4.78, 5) is 0. The average molecular weight is 273 g/mol. The van der Waals surface area contributed by atoms with Crippen molar-refractivity contribution in [1.82, 2.24) is 0 Å². The maximum absolute atomic E-state index is 4.12. The minimum atomic E-state index is -0.0865. The van der Waals surface area contributed by atoms with Gasteiger partial charge in [-0.05, 0) is 29.9 Å². The lowest BCUT2D eigenvalue weighted by atomic mass is 9.66. The largest absolute Gasteiger partial charge is 0.0804 e. The van der Waals surface area contributed by atoms with E-state index in [1.54, 1.807) is 0 Å². The van der Waals surface area contributed by atoms with Gasteiger partial charge in [0.05, 0.1) is 0 Å². The second kappa shape index (κ2) is 5.73. The standard InChI is InChI=1S/C21H21/c1-17-13-15-21(16-14-17,20-11-7-4-8-12-20)18(2)19-9-5-3-6-10-19/h3-18H,1H2,2H3. The first kappa shape index (κ1) is 13.9. The normalized spacial score (nSPS) is 25.7. The van der Waals surface area contributed by atoms with E-state index in [9.17, 15) is 0 Å². The topological polar surface area (TPSA) is 0 Å². The van der Waals surface area contributed by atoms with Gasteiger partial charge in [-0.1, -0.05) is 91.9 Å². The summed E-state index contributed by atoms with van der Waals surface area (Å²) in [5, 5.41) is 0. The average Bonchev–Trinajstić information content (AvgIpc) is 2.57. The van der Waals surface area contributed by atoms with E-state index in [4.69, 9.17) is 0 Å². The van der Waals surface area contributed by atoms with Gasteiger partial charge >= 0.3 is 0 Å². The van der Waals surface area contributed by atoms with E-state index in [1.807, 2.05) is 0 Å². The number of hydrogen-bond donors (Lipinski definition) is 0. The molecule has 1 aliphatic rings. The Kier molecular flexibility index (Phi) is 3.79. The molecule has 0 saturated carbocycles.